The number of phenolic OH excluding ortho intramolecular Hbond substituents is 1. The number of ketones is 2. The predicted octanol–water partition coefficient (Wildman–Crippen LogP) is 3.41. The molecule has 1 N–H and O–H groups in total. The van der Waals surface area contributed by atoms with Crippen molar-refractivity contribution < 1.29 is 24.2 Å². The number of para-hydroxylation sites is 1. The van der Waals surface area contributed by atoms with Crippen molar-refractivity contribution in [2.24, 2.45) is 0 Å². The minimum Gasteiger partial charge on any atom is -0.504 e. The van der Waals surface area contributed by atoms with Gasteiger partial charge in [-0.15, -0.1) is 0 Å². The van der Waals surface area contributed by atoms with E-state index in [1.165, 1.54) is 26.4 Å². The van der Waals surface area contributed by atoms with Crippen LogP contribution in [0.3, 0.4) is 0 Å². The van der Waals surface area contributed by atoms with Crippen LogP contribution in [0, 0.1) is 0 Å². The van der Waals surface area contributed by atoms with Crippen LogP contribution in [0.25, 0.3) is 10.9 Å². The summed E-state index contributed by atoms with van der Waals surface area (Å²) in [4.78, 5) is 29.2. The number of carbonyl (C=O) groups excluding carboxylic acids is 2. The maximum absolute atomic E-state index is 12.5. The van der Waals surface area contributed by atoms with E-state index in [-0.39, 0.29) is 22.8 Å². The number of phenols is 1. The van der Waals surface area contributed by atoms with Crippen LogP contribution in [0.1, 0.15) is 27.3 Å². The van der Waals surface area contributed by atoms with Crippen molar-refractivity contribution in [3.63, 3.8) is 0 Å². The van der Waals surface area contributed by atoms with Crippen LogP contribution >= 0.6 is 0 Å². The van der Waals surface area contributed by atoms with E-state index in [0.29, 0.717) is 11.3 Å². The summed E-state index contributed by atoms with van der Waals surface area (Å²) in [5.74, 6) is -0.951. The molecular formula is C20H17NO5. The Kier molecular flexibility index (Phi) is 4.84. The highest BCUT2D eigenvalue weighted by Gasteiger charge is 2.22. The van der Waals surface area contributed by atoms with Gasteiger partial charge in [-0.2, -0.15) is 0 Å². The SMILES string of the molecule is COc1ccc(C(=O)CC(=O)c2ccc3ccccc3n2)c(O)c1OC. The topological polar surface area (TPSA) is 85.7 Å². The van der Waals surface area contributed by atoms with E-state index in [0.717, 1.165) is 5.39 Å². The number of Topliss-reactive ketones (excluding diaryl/α,β-unsaturated/α-hetero) is 2. The minimum absolute atomic E-state index is 0.00297. The predicted molar refractivity (Wildman–Crippen MR) is 96.2 cm³/mol. The molecule has 0 amide bonds. The average Bonchev–Trinajstić information content (AvgIpc) is 2.66. The Hall–Kier alpha value is -3.41. The second-order valence-electron chi connectivity index (χ2n) is 5.61. The number of hydrogen-bond donors (Lipinski definition) is 1. The highest BCUT2D eigenvalue weighted by Crippen LogP contribution is 2.39. The third-order valence-electron chi connectivity index (χ3n) is 4.03. The molecule has 0 aliphatic heterocycles. The van der Waals surface area contributed by atoms with Crippen LogP contribution < -0.4 is 9.47 Å². The van der Waals surface area contributed by atoms with Crippen LogP contribution in [0.15, 0.2) is 48.5 Å². The molecule has 1 heterocycles. The second kappa shape index (κ2) is 7.23. The molecule has 0 aliphatic rings. The maximum atomic E-state index is 12.5. The third kappa shape index (κ3) is 3.21. The third-order valence-corrected chi connectivity index (χ3v) is 4.03. The number of methoxy groups -OCH3 is 2. The summed E-state index contributed by atoms with van der Waals surface area (Å²) in [6.07, 6.45) is -0.408. The number of rotatable bonds is 6. The highest BCUT2D eigenvalue weighted by atomic mass is 16.5. The molecule has 0 radical (unpaired) electrons. The summed E-state index contributed by atoms with van der Waals surface area (Å²) < 4.78 is 10.1. The number of benzene rings is 2. The molecule has 6 nitrogen and oxygen atoms in total. The van der Waals surface area contributed by atoms with Gasteiger partial charge in [-0.3, -0.25) is 9.59 Å². The highest BCUT2D eigenvalue weighted by molar-refractivity contribution is 6.14. The van der Waals surface area contributed by atoms with E-state index in [2.05, 4.69) is 4.98 Å². The zero-order valence-corrected chi connectivity index (χ0v) is 14.4. The lowest BCUT2D eigenvalue weighted by molar-refractivity contribution is 0.0890. The zero-order valence-electron chi connectivity index (χ0n) is 14.4. The fraction of sp³-hybridized carbons (Fsp3) is 0.150. The minimum atomic E-state index is -0.525. The van der Waals surface area contributed by atoms with Gasteiger partial charge in [-0.25, -0.2) is 4.98 Å². The molecule has 3 rings (SSSR count). The Bertz CT molecular complexity index is 997. The first kappa shape index (κ1) is 17.4. The molecule has 0 atom stereocenters. The molecule has 3 aromatic rings. The van der Waals surface area contributed by atoms with Crippen molar-refractivity contribution in [3.05, 3.63) is 59.8 Å². The quantitative estimate of drug-likeness (QED) is 0.541. The van der Waals surface area contributed by atoms with Gasteiger partial charge >= 0.3 is 0 Å². The van der Waals surface area contributed by atoms with E-state index in [1.54, 1.807) is 18.2 Å². The molecule has 0 aliphatic carbocycles. The van der Waals surface area contributed by atoms with Crippen molar-refractivity contribution in [1.29, 1.82) is 0 Å². The normalized spacial score (nSPS) is 10.5. The van der Waals surface area contributed by atoms with Crippen LogP contribution in [0.5, 0.6) is 17.2 Å². The molecule has 0 unspecified atom stereocenters. The summed E-state index contributed by atoms with van der Waals surface area (Å²) in [6.45, 7) is 0. The first-order valence-corrected chi connectivity index (χ1v) is 7.91. The largest absolute Gasteiger partial charge is 0.504 e. The van der Waals surface area contributed by atoms with Crippen molar-refractivity contribution in [3.8, 4) is 17.2 Å². The van der Waals surface area contributed by atoms with Gasteiger partial charge in [0.05, 0.1) is 31.7 Å². The van der Waals surface area contributed by atoms with E-state index in [1.807, 2.05) is 18.2 Å². The van der Waals surface area contributed by atoms with Gasteiger partial charge < -0.3 is 14.6 Å². The second-order valence-corrected chi connectivity index (χ2v) is 5.61. The number of ether oxygens (including phenoxy) is 2. The number of carbonyl (C=O) groups is 2. The molecule has 0 saturated carbocycles. The van der Waals surface area contributed by atoms with Crippen LogP contribution in [-0.4, -0.2) is 35.9 Å². The summed E-state index contributed by atoms with van der Waals surface area (Å²) in [5, 5.41) is 11.2. The first-order chi connectivity index (χ1) is 12.5. The monoisotopic (exact) mass is 351 g/mol. The molecule has 1 aromatic heterocycles. The molecule has 0 saturated heterocycles. The number of aromatic hydroxyl groups is 1. The van der Waals surface area contributed by atoms with Gasteiger partial charge in [-0.1, -0.05) is 24.3 Å². The van der Waals surface area contributed by atoms with E-state index >= 15 is 0 Å². The standard InChI is InChI=1S/C20H17NO5/c1-25-18-10-8-13(19(24)20(18)26-2)16(22)11-17(23)15-9-7-12-5-3-4-6-14(12)21-15/h3-10,24H,11H2,1-2H3. The number of aromatic nitrogens is 1. The molecule has 0 fully saturated rings. The first-order valence-electron chi connectivity index (χ1n) is 7.91. The van der Waals surface area contributed by atoms with Crippen molar-refractivity contribution in [1.82, 2.24) is 4.98 Å². The number of hydrogen-bond acceptors (Lipinski definition) is 6. The Morgan fingerprint density at radius 1 is 0.962 bits per heavy atom. The fourth-order valence-electron chi connectivity index (χ4n) is 2.69. The van der Waals surface area contributed by atoms with E-state index in [9.17, 15) is 14.7 Å². The smallest absolute Gasteiger partial charge is 0.203 e. The van der Waals surface area contributed by atoms with Crippen LogP contribution in [0.4, 0.5) is 0 Å². The lowest BCUT2D eigenvalue weighted by Gasteiger charge is -2.12. The number of fused-ring (bicyclic) bond motifs is 1. The number of nitrogens with zero attached hydrogens (tertiary/aromatic N) is 1. The molecule has 26 heavy (non-hydrogen) atoms. The summed E-state index contributed by atoms with van der Waals surface area (Å²) in [5.41, 5.74) is 0.883. The van der Waals surface area contributed by atoms with Gasteiger partial charge in [0.1, 0.15) is 5.69 Å². The van der Waals surface area contributed by atoms with Crippen molar-refractivity contribution in [2.45, 2.75) is 6.42 Å². The lowest BCUT2D eigenvalue weighted by Crippen LogP contribution is -2.11. The molecule has 0 bridgehead atoms. The average molecular weight is 351 g/mol. The Balaban J connectivity index is 1.86. The molecule has 2 aromatic carbocycles. The summed E-state index contributed by atoms with van der Waals surface area (Å²) in [6, 6.07) is 13.7. The summed E-state index contributed by atoms with van der Waals surface area (Å²) >= 11 is 0. The van der Waals surface area contributed by atoms with Gasteiger partial charge in [-0.05, 0) is 24.3 Å². The maximum Gasteiger partial charge on any atom is 0.203 e. The Labute approximate surface area is 150 Å². The number of pyridine rings is 1. The van der Waals surface area contributed by atoms with Gasteiger partial charge in [0.25, 0.3) is 0 Å². The van der Waals surface area contributed by atoms with Gasteiger partial charge in [0.2, 0.25) is 5.75 Å². The molecular weight excluding hydrogens is 334 g/mol. The summed E-state index contributed by atoms with van der Waals surface area (Å²) in [7, 11) is 2.78. The van der Waals surface area contributed by atoms with Gasteiger partial charge in [0.15, 0.2) is 23.1 Å². The zero-order chi connectivity index (χ0) is 18.7. The van der Waals surface area contributed by atoms with Crippen LogP contribution in [-0.2, 0) is 0 Å². The van der Waals surface area contributed by atoms with Crippen molar-refractivity contribution in [2.75, 3.05) is 14.2 Å². The van der Waals surface area contributed by atoms with Gasteiger partial charge in [0, 0.05) is 5.39 Å². The Morgan fingerprint density at radius 3 is 2.46 bits per heavy atom. The van der Waals surface area contributed by atoms with E-state index < -0.39 is 18.0 Å². The lowest BCUT2D eigenvalue weighted by atomic mass is 10.0. The molecule has 132 valence electrons. The fourth-order valence-corrected chi connectivity index (χ4v) is 2.69. The van der Waals surface area contributed by atoms with Crippen molar-refractivity contribution >= 4 is 22.5 Å². The molecule has 6 heteroatoms. The molecule has 0 spiro atoms. The van der Waals surface area contributed by atoms with E-state index in [4.69, 9.17) is 9.47 Å². The van der Waals surface area contributed by atoms with Crippen LogP contribution in [0.2, 0.25) is 0 Å². The Morgan fingerprint density at radius 2 is 1.73 bits per heavy atom.